The summed E-state index contributed by atoms with van der Waals surface area (Å²) in [5, 5.41) is 5.04. The van der Waals surface area contributed by atoms with Gasteiger partial charge in [0, 0.05) is 18.5 Å². The van der Waals surface area contributed by atoms with Crippen molar-refractivity contribution >= 4 is 23.6 Å². The van der Waals surface area contributed by atoms with Crippen LogP contribution in [-0.2, 0) is 19.1 Å². The van der Waals surface area contributed by atoms with Gasteiger partial charge in [0.2, 0.25) is 11.8 Å². The van der Waals surface area contributed by atoms with Gasteiger partial charge in [0.15, 0.2) is 0 Å². The SMILES string of the molecule is CCOC(=O)CNC(=O)CCC(=O)Nc1cc(C)cc(C)n1. The van der Waals surface area contributed by atoms with E-state index in [2.05, 4.69) is 20.4 Å². The van der Waals surface area contributed by atoms with Gasteiger partial charge < -0.3 is 15.4 Å². The maximum atomic E-state index is 11.8. The summed E-state index contributed by atoms with van der Waals surface area (Å²) in [6, 6.07) is 3.66. The number of hydrogen-bond donors (Lipinski definition) is 2. The minimum absolute atomic E-state index is 0.00393. The second kappa shape index (κ2) is 8.76. The second-order valence-electron chi connectivity index (χ2n) is 4.80. The average Bonchev–Trinajstić information content (AvgIpc) is 2.42. The Morgan fingerprint density at radius 3 is 2.45 bits per heavy atom. The predicted octanol–water partition coefficient (Wildman–Crippen LogP) is 1.10. The number of amides is 2. The smallest absolute Gasteiger partial charge is 0.325 e. The first-order valence-corrected chi connectivity index (χ1v) is 7.08. The fraction of sp³-hybridized carbons (Fsp3) is 0.467. The van der Waals surface area contributed by atoms with Crippen molar-refractivity contribution in [3.8, 4) is 0 Å². The molecule has 1 rings (SSSR count). The van der Waals surface area contributed by atoms with Gasteiger partial charge in [-0.05, 0) is 38.5 Å². The molecule has 0 atom stereocenters. The number of nitrogens with zero attached hydrogens (tertiary/aromatic N) is 1. The van der Waals surface area contributed by atoms with Crippen LogP contribution < -0.4 is 10.6 Å². The Balaban J connectivity index is 2.33. The van der Waals surface area contributed by atoms with E-state index in [0.29, 0.717) is 5.82 Å². The number of aromatic nitrogens is 1. The molecule has 120 valence electrons. The molecule has 0 aromatic carbocycles. The summed E-state index contributed by atoms with van der Waals surface area (Å²) in [5.74, 6) is -0.713. The van der Waals surface area contributed by atoms with Crippen LogP contribution in [0, 0.1) is 13.8 Å². The first kappa shape index (κ1) is 17.6. The van der Waals surface area contributed by atoms with Crippen molar-refractivity contribution in [2.75, 3.05) is 18.5 Å². The molecule has 0 saturated heterocycles. The molecular weight excluding hydrogens is 286 g/mol. The van der Waals surface area contributed by atoms with Crippen molar-refractivity contribution in [2.24, 2.45) is 0 Å². The lowest BCUT2D eigenvalue weighted by atomic mass is 10.2. The first-order chi connectivity index (χ1) is 10.4. The highest BCUT2D eigenvalue weighted by Crippen LogP contribution is 2.09. The van der Waals surface area contributed by atoms with E-state index >= 15 is 0 Å². The number of ether oxygens (including phenoxy) is 1. The summed E-state index contributed by atoms with van der Waals surface area (Å²) in [4.78, 5) is 38.5. The third-order valence-corrected chi connectivity index (χ3v) is 2.68. The van der Waals surface area contributed by atoms with Crippen molar-refractivity contribution in [2.45, 2.75) is 33.6 Å². The number of esters is 1. The molecule has 2 N–H and O–H groups in total. The van der Waals surface area contributed by atoms with E-state index in [-0.39, 0.29) is 37.8 Å². The van der Waals surface area contributed by atoms with Crippen LogP contribution in [0.1, 0.15) is 31.0 Å². The van der Waals surface area contributed by atoms with E-state index in [1.807, 2.05) is 19.9 Å². The van der Waals surface area contributed by atoms with Gasteiger partial charge in [-0.2, -0.15) is 0 Å². The van der Waals surface area contributed by atoms with Crippen molar-refractivity contribution in [1.82, 2.24) is 10.3 Å². The molecule has 2 amide bonds. The number of carbonyl (C=O) groups excluding carboxylic acids is 3. The first-order valence-electron chi connectivity index (χ1n) is 7.08. The van der Waals surface area contributed by atoms with Crippen molar-refractivity contribution in [3.05, 3.63) is 23.4 Å². The normalized spacial score (nSPS) is 9.95. The number of pyridine rings is 1. The molecule has 0 saturated carbocycles. The topological polar surface area (TPSA) is 97.4 Å². The lowest BCUT2D eigenvalue weighted by molar-refractivity contribution is -0.143. The average molecular weight is 307 g/mol. The molecule has 0 fully saturated rings. The standard InChI is InChI=1S/C15H21N3O4/c1-4-22-15(21)9-16-13(19)5-6-14(20)18-12-8-10(2)7-11(3)17-12/h7-8H,4-6,9H2,1-3H3,(H,16,19)(H,17,18,20). The number of carbonyl (C=O) groups is 3. The molecular formula is C15H21N3O4. The van der Waals surface area contributed by atoms with Gasteiger partial charge in [-0.3, -0.25) is 14.4 Å². The maximum Gasteiger partial charge on any atom is 0.325 e. The fourth-order valence-electron chi connectivity index (χ4n) is 1.81. The Hall–Kier alpha value is -2.44. The molecule has 0 aliphatic rings. The lowest BCUT2D eigenvalue weighted by Gasteiger charge is -2.07. The highest BCUT2D eigenvalue weighted by atomic mass is 16.5. The lowest BCUT2D eigenvalue weighted by Crippen LogP contribution is -2.31. The fourth-order valence-corrected chi connectivity index (χ4v) is 1.81. The van der Waals surface area contributed by atoms with E-state index < -0.39 is 5.97 Å². The molecule has 0 aliphatic carbocycles. The Labute approximate surface area is 129 Å². The van der Waals surface area contributed by atoms with Crippen molar-refractivity contribution < 1.29 is 19.1 Å². The van der Waals surface area contributed by atoms with Crippen LogP contribution in [0.3, 0.4) is 0 Å². The molecule has 1 aromatic rings. The minimum atomic E-state index is -0.500. The van der Waals surface area contributed by atoms with Crippen LogP contribution in [0.25, 0.3) is 0 Å². The Bertz CT molecular complexity index is 537. The minimum Gasteiger partial charge on any atom is -0.465 e. The number of nitrogens with one attached hydrogen (secondary N) is 2. The molecule has 22 heavy (non-hydrogen) atoms. The van der Waals surface area contributed by atoms with Gasteiger partial charge in [0.25, 0.3) is 0 Å². The number of rotatable bonds is 7. The van der Waals surface area contributed by atoms with Crippen molar-refractivity contribution in [3.63, 3.8) is 0 Å². The monoisotopic (exact) mass is 307 g/mol. The second-order valence-corrected chi connectivity index (χ2v) is 4.80. The number of aryl methyl sites for hydroxylation is 2. The van der Waals surface area contributed by atoms with Gasteiger partial charge >= 0.3 is 5.97 Å². The van der Waals surface area contributed by atoms with E-state index in [1.165, 1.54) is 0 Å². The molecule has 0 aliphatic heterocycles. The highest BCUT2D eigenvalue weighted by Gasteiger charge is 2.10. The maximum absolute atomic E-state index is 11.8. The predicted molar refractivity (Wildman–Crippen MR) is 81.2 cm³/mol. The molecule has 0 radical (unpaired) electrons. The van der Waals surface area contributed by atoms with Crippen LogP contribution in [0.15, 0.2) is 12.1 Å². The molecule has 0 unspecified atom stereocenters. The largest absolute Gasteiger partial charge is 0.465 e. The molecule has 7 heteroatoms. The molecule has 7 nitrogen and oxygen atoms in total. The summed E-state index contributed by atoms with van der Waals surface area (Å²) in [7, 11) is 0. The third-order valence-electron chi connectivity index (χ3n) is 2.68. The Morgan fingerprint density at radius 1 is 1.14 bits per heavy atom. The molecule has 0 spiro atoms. The molecule has 1 heterocycles. The Kier molecular flexibility index (Phi) is 7.01. The molecule has 1 aromatic heterocycles. The summed E-state index contributed by atoms with van der Waals surface area (Å²) in [6.07, 6.45) is 0.0133. The highest BCUT2D eigenvalue weighted by molar-refractivity contribution is 5.93. The van der Waals surface area contributed by atoms with Gasteiger partial charge in [-0.25, -0.2) is 4.98 Å². The van der Waals surface area contributed by atoms with Crippen LogP contribution >= 0.6 is 0 Å². The molecule has 0 bridgehead atoms. The van der Waals surface area contributed by atoms with E-state index in [1.54, 1.807) is 13.0 Å². The van der Waals surface area contributed by atoms with E-state index in [0.717, 1.165) is 11.3 Å². The van der Waals surface area contributed by atoms with Gasteiger partial charge in [0.05, 0.1) is 6.61 Å². The van der Waals surface area contributed by atoms with Crippen LogP contribution in [0.4, 0.5) is 5.82 Å². The third kappa shape index (κ3) is 6.83. The van der Waals surface area contributed by atoms with Crippen molar-refractivity contribution in [1.29, 1.82) is 0 Å². The van der Waals surface area contributed by atoms with E-state index in [4.69, 9.17) is 0 Å². The van der Waals surface area contributed by atoms with Crippen LogP contribution in [0.5, 0.6) is 0 Å². The zero-order valence-corrected chi connectivity index (χ0v) is 13.1. The summed E-state index contributed by atoms with van der Waals surface area (Å²) in [5.41, 5.74) is 1.80. The summed E-state index contributed by atoms with van der Waals surface area (Å²) < 4.78 is 4.68. The quantitative estimate of drug-likeness (QED) is 0.735. The van der Waals surface area contributed by atoms with Crippen LogP contribution in [-0.4, -0.2) is 35.9 Å². The number of anilines is 1. The Morgan fingerprint density at radius 2 is 1.82 bits per heavy atom. The number of hydrogen-bond acceptors (Lipinski definition) is 5. The zero-order valence-electron chi connectivity index (χ0n) is 13.1. The summed E-state index contributed by atoms with van der Waals surface area (Å²) >= 11 is 0. The van der Waals surface area contributed by atoms with Crippen LogP contribution in [0.2, 0.25) is 0 Å². The van der Waals surface area contributed by atoms with Gasteiger partial charge in [0.1, 0.15) is 12.4 Å². The zero-order chi connectivity index (χ0) is 16.5. The summed E-state index contributed by atoms with van der Waals surface area (Å²) in [6.45, 7) is 5.51. The van der Waals surface area contributed by atoms with Gasteiger partial charge in [-0.15, -0.1) is 0 Å². The van der Waals surface area contributed by atoms with Gasteiger partial charge in [-0.1, -0.05) is 0 Å². The van der Waals surface area contributed by atoms with E-state index in [9.17, 15) is 14.4 Å².